The maximum atomic E-state index is 12.1. The van der Waals surface area contributed by atoms with Gasteiger partial charge in [-0.3, -0.25) is 9.48 Å². The first kappa shape index (κ1) is 14.1. The Labute approximate surface area is 116 Å². The van der Waals surface area contributed by atoms with Crippen molar-refractivity contribution in [3.05, 3.63) is 36.2 Å². The number of amides is 1. The van der Waals surface area contributed by atoms with Crippen molar-refractivity contribution in [2.75, 3.05) is 17.3 Å². The number of benzene rings is 1. The average Bonchev–Trinajstić information content (AvgIpc) is 2.68. The average molecular weight is 294 g/mol. The molecule has 0 radical (unpaired) electrons. The lowest BCUT2D eigenvalue weighted by Gasteiger charge is -2.07. The topological polar surface area (TPSA) is 107 Å². The van der Waals surface area contributed by atoms with E-state index in [1.54, 1.807) is 19.2 Å². The normalized spacial score (nSPS) is 11.3. The van der Waals surface area contributed by atoms with Crippen LogP contribution in [0.1, 0.15) is 10.5 Å². The summed E-state index contributed by atoms with van der Waals surface area (Å²) in [6.45, 7) is 0. The van der Waals surface area contributed by atoms with Crippen LogP contribution in [0.4, 0.5) is 11.4 Å². The smallest absolute Gasteiger partial charge is 0.276 e. The zero-order valence-corrected chi connectivity index (χ0v) is 11.8. The Hall–Kier alpha value is -2.35. The SMILES string of the molecule is Cn1ncc(N)c1C(=O)Nc1cccc(S(C)(=O)=O)c1. The molecule has 2 rings (SSSR count). The van der Waals surface area contributed by atoms with E-state index >= 15 is 0 Å². The summed E-state index contributed by atoms with van der Waals surface area (Å²) in [5, 5.41) is 6.46. The third-order valence-electron chi connectivity index (χ3n) is 2.70. The number of nitrogens with two attached hydrogens (primary N) is 1. The van der Waals surface area contributed by atoms with Crippen LogP contribution in [0.3, 0.4) is 0 Å². The molecular formula is C12H14N4O3S. The van der Waals surface area contributed by atoms with E-state index in [2.05, 4.69) is 10.4 Å². The molecule has 7 nitrogen and oxygen atoms in total. The molecule has 1 aromatic carbocycles. The molecule has 1 amide bonds. The van der Waals surface area contributed by atoms with Crippen molar-refractivity contribution in [1.29, 1.82) is 0 Å². The van der Waals surface area contributed by atoms with Crippen LogP contribution in [0, 0.1) is 0 Å². The predicted molar refractivity (Wildman–Crippen MR) is 75.1 cm³/mol. The minimum atomic E-state index is -3.32. The van der Waals surface area contributed by atoms with Crippen LogP contribution in [0.25, 0.3) is 0 Å². The maximum Gasteiger partial charge on any atom is 0.276 e. The minimum absolute atomic E-state index is 0.133. The molecule has 0 unspecified atom stereocenters. The Kier molecular flexibility index (Phi) is 3.49. The van der Waals surface area contributed by atoms with E-state index in [0.29, 0.717) is 5.69 Å². The van der Waals surface area contributed by atoms with E-state index in [9.17, 15) is 13.2 Å². The van der Waals surface area contributed by atoms with Crippen LogP contribution in [0.15, 0.2) is 35.4 Å². The van der Waals surface area contributed by atoms with E-state index in [4.69, 9.17) is 5.73 Å². The molecule has 0 aliphatic heterocycles. The van der Waals surface area contributed by atoms with Crippen LogP contribution in [-0.2, 0) is 16.9 Å². The second kappa shape index (κ2) is 4.97. The van der Waals surface area contributed by atoms with Gasteiger partial charge in [0.1, 0.15) is 5.69 Å². The van der Waals surface area contributed by atoms with Gasteiger partial charge < -0.3 is 11.1 Å². The van der Waals surface area contributed by atoms with Gasteiger partial charge in [-0.15, -0.1) is 0 Å². The number of hydrogen-bond donors (Lipinski definition) is 2. The van der Waals surface area contributed by atoms with Gasteiger partial charge in [-0.05, 0) is 18.2 Å². The highest BCUT2D eigenvalue weighted by Crippen LogP contribution is 2.17. The van der Waals surface area contributed by atoms with Gasteiger partial charge in [-0.25, -0.2) is 8.42 Å². The number of anilines is 2. The van der Waals surface area contributed by atoms with Gasteiger partial charge in [0, 0.05) is 19.0 Å². The molecule has 2 aromatic rings. The van der Waals surface area contributed by atoms with E-state index in [1.807, 2.05) is 0 Å². The summed E-state index contributed by atoms with van der Waals surface area (Å²) < 4.78 is 24.3. The van der Waals surface area contributed by atoms with Crippen molar-refractivity contribution in [2.45, 2.75) is 4.90 Å². The van der Waals surface area contributed by atoms with E-state index in [1.165, 1.54) is 23.0 Å². The standard InChI is InChI=1S/C12H14N4O3S/c1-16-11(10(13)7-14-16)12(17)15-8-4-3-5-9(6-8)20(2,18)19/h3-7H,13H2,1-2H3,(H,15,17). The summed E-state index contributed by atoms with van der Waals surface area (Å²) in [7, 11) is -1.73. The molecule has 0 spiro atoms. The second-order valence-electron chi connectivity index (χ2n) is 4.33. The van der Waals surface area contributed by atoms with Crippen LogP contribution < -0.4 is 11.1 Å². The number of hydrogen-bond acceptors (Lipinski definition) is 5. The first-order valence-corrected chi connectivity index (χ1v) is 7.57. The maximum absolute atomic E-state index is 12.1. The number of nitrogen functional groups attached to an aromatic ring is 1. The summed E-state index contributed by atoms with van der Waals surface area (Å²) in [6.07, 6.45) is 2.48. The van der Waals surface area contributed by atoms with Crippen LogP contribution in [-0.4, -0.2) is 30.4 Å². The fraction of sp³-hybridized carbons (Fsp3) is 0.167. The molecule has 0 atom stereocenters. The zero-order chi connectivity index (χ0) is 14.9. The fourth-order valence-electron chi connectivity index (χ4n) is 1.73. The number of carbonyl (C=O) groups excluding carboxylic acids is 1. The lowest BCUT2D eigenvalue weighted by molar-refractivity contribution is 0.101. The van der Waals surface area contributed by atoms with Crippen molar-refractivity contribution < 1.29 is 13.2 Å². The van der Waals surface area contributed by atoms with Gasteiger partial charge in [-0.1, -0.05) is 6.07 Å². The quantitative estimate of drug-likeness (QED) is 0.864. The van der Waals surface area contributed by atoms with Gasteiger partial charge in [-0.2, -0.15) is 5.10 Å². The third-order valence-corrected chi connectivity index (χ3v) is 3.81. The van der Waals surface area contributed by atoms with Crippen molar-refractivity contribution in [2.24, 2.45) is 7.05 Å². The molecule has 0 saturated carbocycles. The Balaban J connectivity index is 2.29. The highest BCUT2D eigenvalue weighted by atomic mass is 32.2. The molecule has 3 N–H and O–H groups in total. The Morgan fingerprint density at radius 2 is 2.10 bits per heavy atom. The van der Waals surface area contributed by atoms with E-state index < -0.39 is 15.7 Å². The molecule has 8 heteroatoms. The van der Waals surface area contributed by atoms with Crippen LogP contribution in [0.2, 0.25) is 0 Å². The monoisotopic (exact) mass is 294 g/mol. The van der Waals surface area contributed by atoms with Crippen LogP contribution >= 0.6 is 0 Å². The molecule has 0 bridgehead atoms. The van der Waals surface area contributed by atoms with Gasteiger partial charge in [0.05, 0.1) is 16.8 Å². The Bertz CT molecular complexity index is 745. The lowest BCUT2D eigenvalue weighted by Crippen LogP contribution is -2.17. The van der Waals surface area contributed by atoms with Crippen molar-refractivity contribution in [3.8, 4) is 0 Å². The number of nitrogens with one attached hydrogen (secondary N) is 1. The van der Waals surface area contributed by atoms with E-state index in [0.717, 1.165) is 6.26 Å². The summed E-state index contributed by atoms with van der Waals surface area (Å²) in [4.78, 5) is 12.2. The van der Waals surface area contributed by atoms with Gasteiger partial charge in [0.15, 0.2) is 9.84 Å². The lowest BCUT2D eigenvalue weighted by atomic mass is 10.3. The predicted octanol–water partition coefficient (Wildman–Crippen LogP) is 0.658. The molecule has 0 fully saturated rings. The van der Waals surface area contributed by atoms with Gasteiger partial charge in [0.2, 0.25) is 0 Å². The summed E-state index contributed by atoms with van der Waals surface area (Å²) in [5.74, 6) is -0.451. The molecular weight excluding hydrogens is 280 g/mol. The number of aromatic nitrogens is 2. The van der Waals surface area contributed by atoms with Crippen molar-refractivity contribution in [1.82, 2.24) is 9.78 Å². The summed E-state index contributed by atoms with van der Waals surface area (Å²) >= 11 is 0. The molecule has 0 aliphatic carbocycles. The zero-order valence-electron chi connectivity index (χ0n) is 11.0. The van der Waals surface area contributed by atoms with Crippen molar-refractivity contribution >= 4 is 27.1 Å². The minimum Gasteiger partial charge on any atom is -0.396 e. The second-order valence-corrected chi connectivity index (χ2v) is 6.34. The van der Waals surface area contributed by atoms with Gasteiger partial charge >= 0.3 is 0 Å². The fourth-order valence-corrected chi connectivity index (χ4v) is 2.39. The summed E-state index contributed by atoms with van der Waals surface area (Å²) in [6, 6.07) is 6.00. The Morgan fingerprint density at radius 3 is 2.65 bits per heavy atom. The largest absolute Gasteiger partial charge is 0.396 e. The third kappa shape index (κ3) is 2.80. The molecule has 1 aromatic heterocycles. The van der Waals surface area contributed by atoms with E-state index in [-0.39, 0.29) is 16.3 Å². The molecule has 0 saturated heterocycles. The molecule has 20 heavy (non-hydrogen) atoms. The van der Waals surface area contributed by atoms with Crippen molar-refractivity contribution in [3.63, 3.8) is 0 Å². The Morgan fingerprint density at radius 1 is 1.40 bits per heavy atom. The number of carbonyl (C=O) groups is 1. The molecule has 106 valence electrons. The first-order chi connectivity index (χ1) is 9.29. The number of aryl methyl sites for hydroxylation is 1. The number of sulfone groups is 1. The number of nitrogens with zero attached hydrogens (tertiary/aromatic N) is 2. The highest BCUT2D eigenvalue weighted by molar-refractivity contribution is 7.90. The molecule has 1 heterocycles. The highest BCUT2D eigenvalue weighted by Gasteiger charge is 2.16. The first-order valence-electron chi connectivity index (χ1n) is 5.68. The van der Waals surface area contributed by atoms with Crippen LogP contribution in [0.5, 0.6) is 0 Å². The number of rotatable bonds is 3. The summed E-state index contributed by atoms with van der Waals surface area (Å²) in [5.41, 5.74) is 6.50. The van der Waals surface area contributed by atoms with Gasteiger partial charge in [0.25, 0.3) is 5.91 Å². The molecule has 0 aliphatic rings.